The average molecular weight is 298 g/mol. The minimum absolute atomic E-state index is 0.547. The SMILES string of the molecule is C[S+](C)CSc1ccccc1.O=C([O-])C(F)(F)F. The molecule has 0 aliphatic rings. The molecule has 0 N–H and O–H groups in total. The van der Waals surface area contributed by atoms with Crippen LogP contribution >= 0.6 is 11.8 Å². The summed E-state index contributed by atoms with van der Waals surface area (Å²) in [6.45, 7) is 0. The highest BCUT2D eigenvalue weighted by Crippen LogP contribution is 2.18. The lowest BCUT2D eigenvalue weighted by Gasteiger charge is -2.03. The molecule has 0 amide bonds. The lowest BCUT2D eigenvalue weighted by Crippen LogP contribution is -2.37. The van der Waals surface area contributed by atoms with E-state index in [1.807, 2.05) is 11.8 Å². The molecular weight excluding hydrogens is 285 g/mol. The summed E-state index contributed by atoms with van der Waals surface area (Å²) < 4.78 is 31.5. The van der Waals surface area contributed by atoms with Crippen LogP contribution in [0.2, 0.25) is 0 Å². The van der Waals surface area contributed by atoms with Crippen molar-refractivity contribution in [2.75, 3.05) is 17.6 Å². The van der Waals surface area contributed by atoms with E-state index in [-0.39, 0.29) is 0 Å². The molecule has 0 atom stereocenters. The number of halogens is 3. The lowest BCUT2D eigenvalue weighted by molar-refractivity contribution is -0.344. The first-order valence-electron chi connectivity index (χ1n) is 4.73. The molecule has 0 saturated carbocycles. The number of carboxylic acids is 1. The fourth-order valence-electron chi connectivity index (χ4n) is 0.703. The Balaban J connectivity index is 0.000000360. The molecule has 0 bridgehead atoms. The van der Waals surface area contributed by atoms with Gasteiger partial charge in [-0.25, -0.2) is 0 Å². The summed E-state index contributed by atoms with van der Waals surface area (Å²) in [7, 11) is 0.547. The average Bonchev–Trinajstić information content (AvgIpc) is 2.27. The van der Waals surface area contributed by atoms with Crippen molar-refractivity contribution in [1.82, 2.24) is 0 Å². The van der Waals surface area contributed by atoms with Crippen molar-refractivity contribution >= 4 is 28.6 Å². The van der Waals surface area contributed by atoms with Crippen LogP contribution in [-0.2, 0) is 15.7 Å². The second kappa shape index (κ2) is 8.31. The summed E-state index contributed by atoms with van der Waals surface area (Å²) in [4.78, 5) is 10.2. The number of hydrogen-bond acceptors (Lipinski definition) is 3. The van der Waals surface area contributed by atoms with Crippen molar-refractivity contribution in [3.05, 3.63) is 30.3 Å². The zero-order chi connectivity index (χ0) is 14.2. The van der Waals surface area contributed by atoms with E-state index in [9.17, 15) is 13.2 Å². The molecule has 0 unspecified atom stereocenters. The van der Waals surface area contributed by atoms with E-state index < -0.39 is 12.1 Å². The maximum atomic E-state index is 10.5. The molecule has 0 fully saturated rings. The minimum Gasteiger partial charge on any atom is -0.542 e. The highest BCUT2D eigenvalue weighted by Gasteiger charge is 2.28. The highest BCUT2D eigenvalue weighted by atomic mass is 32.2. The van der Waals surface area contributed by atoms with Gasteiger partial charge in [-0.1, -0.05) is 30.0 Å². The van der Waals surface area contributed by atoms with Crippen LogP contribution in [0.25, 0.3) is 0 Å². The van der Waals surface area contributed by atoms with Gasteiger partial charge < -0.3 is 9.90 Å². The highest BCUT2D eigenvalue weighted by molar-refractivity contribution is 8.14. The molecule has 0 aliphatic carbocycles. The maximum Gasteiger partial charge on any atom is 0.430 e. The van der Waals surface area contributed by atoms with Gasteiger partial charge in [0, 0.05) is 4.90 Å². The second-order valence-electron chi connectivity index (χ2n) is 3.35. The number of alkyl halides is 3. The van der Waals surface area contributed by atoms with Crippen molar-refractivity contribution in [1.29, 1.82) is 0 Å². The number of carbonyl (C=O) groups is 1. The zero-order valence-corrected chi connectivity index (χ0v) is 11.5. The van der Waals surface area contributed by atoms with Crippen LogP contribution in [-0.4, -0.2) is 29.7 Å². The molecule has 7 heteroatoms. The maximum absolute atomic E-state index is 10.5. The molecule has 2 nitrogen and oxygen atoms in total. The van der Waals surface area contributed by atoms with Crippen molar-refractivity contribution < 1.29 is 23.1 Å². The van der Waals surface area contributed by atoms with Gasteiger partial charge in [-0.2, -0.15) is 13.2 Å². The molecular formula is C11H13F3O2S2. The van der Waals surface area contributed by atoms with Gasteiger partial charge in [0.05, 0.1) is 12.5 Å². The van der Waals surface area contributed by atoms with E-state index >= 15 is 0 Å². The number of rotatable bonds is 3. The molecule has 18 heavy (non-hydrogen) atoms. The number of carboxylic acid groups (broad SMARTS) is 1. The van der Waals surface area contributed by atoms with Crippen LogP contribution < -0.4 is 5.11 Å². The first-order chi connectivity index (χ1) is 8.23. The standard InChI is InChI=1S/C9H13S2.C2HF3O2/c1-11(2)8-10-9-6-4-3-5-7-9;3-2(4,5)1(6)7/h3-7H,8H2,1-2H3;(H,6,7)/q+1;/p-1. The largest absolute Gasteiger partial charge is 0.542 e. The molecule has 0 radical (unpaired) electrons. The van der Waals surface area contributed by atoms with Gasteiger partial charge in [0.2, 0.25) is 0 Å². The monoisotopic (exact) mass is 298 g/mol. The van der Waals surface area contributed by atoms with Crippen molar-refractivity contribution in [2.24, 2.45) is 0 Å². The Morgan fingerprint density at radius 3 is 2.06 bits per heavy atom. The van der Waals surface area contributed by atoms with Crippen LogP contribution in [0.3, 0.4) is 0 Å². The molecule has 1 aromatic rings. The third kappa shape index (κ3) is 9.23. The molecule has 1 aromatic carbocycles. The fraction of sp³-hybridized carbons (Fsp3) is 0.364. The first kappa shape index (κ1) is 17.2. The summed E-state index contributed by atoms with van der Waals surface area (Å²) >= 11 is 1.94. The number of benzene rings is 1. The van der Waals surface area contributed by atoms with Gasteiger partial charge in [-0.15, -0.1) is 0 Å². The number of hydrogen-bond donors (Lipinski definition) is 0. The minimum atomic E-state index is -5.19. The summed E-state index contributed by atoms with van der Waals surface area (Å²) in [5.41, 5.74) is 0. The number of carbonyl (C=O) groups excluding carboxylic acids is 1. The van der Waals surface area contributed by atoms with Crippen molar-refractivity contribution in [3.63, 3.8) is 0 Å². The van der Waals surface area contributed by atoms with Gasteiger partial charge >= 0.3 is 6.18 Å². The molecule has 102 valence electrons. The first-order valence-corrected chi connectivity index (χ1v) is 7.93. The zero-order valence-electron chi connectivity index (χ0n) is 9.86. The Kier molecular flexibility index (Phi) is 7.93. The fourth-order valence-corrected chi connectivity index (χ4v) is 2.54. The van der Waals surface area contributed by atoms with Gasteiger partial charge in [-0.3, -0.25) is 0 Å². The molecule has 0 aliphatic heterocycles. The van der Waals surface area contributed by atoms with E-state index in [2.05, 4.69) is 42.8 Å². The smallest absolute Gasteiger partial charge is 0.430 e. The van der Waals surface area contributed by atoms with Crippen molar-refractivity contribution in [2.45, 2.75) is 11.1 Å². The Morgan fingerprint density at radius 2 is 1.72 bits per heavy atom. The quantitative estimate of drug-likeness (QED) is 0.632. The normalized spacial score (nSPS) is 10.8. The Morgan fingerprint density at radius 1 is 1.28 bits per heavy atom. The number of aliphatic carboxylic acids is 1. The van der Waals surface area contributed by atoms with Crippen molar-refractivity contribution in [3.8, 4) is 0 Å². The van der Waals surface area contributed by atoms with Crippen LogP contribution in [0.4, 0.5) is 13.2 Å². The lowest BCUT2D eigenvalue weighted by atomic mass is 10.4. The summed E-state index contributed by atoms with van der Waals surface area (Å²) in [5.74, 6) is -3.01. The predicted octanol–water partition coefficient (Wildman–Crippen LogP) is 1.91. The van der Waals surface area contributed by atoms with Crippen LogP contribution in [0.5, 0.6) is 0 Å². The summed E-state index contributed by atoms with van der Waals surface area (Å²) in [6, 6.07) is 10.6. The Labute approximate surface area is 111 Å². The Hall–Kier alpha value is -0.820. The van der Waals surface area contributed by atoms with Gasteiger partial charge in [0.25, 0.3) is 0 Å². The van der Waals surface area contributed by atoms with Gasteiger partial charge in [0.15, 0.2) is 5.08 Å². The number of thioether (sulfide) groups is 1. The molecule has 0 saturated heterocycles. The summed E-state index contributed by atoms with van der Waals surface area (Å²) in [5, 5.41) is 10.0. The van der Waals surface area contributed by atoms with Crippen LogP contribution in [0, 0.1) is 0 Å². The van der Waals surface area contributed by atoms with Gasteiger partial charge in [0.1, 0.15) is 5.97 Å². The predicted molar refractivity (Wildman–Crippen MR) is 67.4 cm³/mol. The Bertz CT molecular complexity index is 353. The third-order valence-electron chi connectivity index (χ3n) is 1.44. The van der Waals surface area contributed by atoms with E-state index in [0.29, 0.717) is 10.9 Å². The topological polar surface area (TPSA) is 40.1 Å². The third-order valence-corrected chi connectivity index (χ3v) is 4.40. The van der Waals surface area contributed by atoms with E-state index in [0.717, 1.165) is 0 Å². The molecule has 0 aromatic heterocycles. The summed E-state index contributed by atoms with van der Waals surface area (Å²) in [6.07, 6.45) is -0.647. The van der Waals surface area contributed by atoms with Crippen LogP contribution in [0.1, 0.15) is 0 Å². The van der Waals surface area contributed by atoms with E-state index in [1.54, 1.807) is 0 Å². The molecule has 0 spiro atoms. The molecule has 0 heterocycles. The molecule has 1 rings (SSSR count). The van der Waals surface area contributed by atoms with E-state index in [4.69, 9.17) is 9.90 Å². The second-order valence-corrected chi connectivity index (χ2v) is 7.02. The van der Waals surface area contributed by atoms with E-state index in [1.165, 1.54) is 9.98 Å². The van der Waals surface area contributed by atoms with Crippen LogP contribution in [0.15, 0.2) is 35.2 Å². The van der Waals surface area contributed by atoms with Gasteiger partial charge in [-0.05, 0) is 23.0 Å².